The summed E-state index contributed by atoms with van der Waals surface area (Å²) >= 11 is 0. The Labute approximate surface area is 161 Å². The quantitative estimate of drug-likeness (QED) is 0.262. The molecule has 2 aliphatic carbocycles. The summed E-state index contributed by atoms with van der Waals surface area (Å²) in [6.07, 6.45) is 3.22. The number of carbonyl (C=O) groups is 1. The molecule has 0 radical (unpaired) electrons. The fraction of sp³-hybridized carbons (Fsp3) is 0.556. The van der Waals surface area contributed by atoms with Crippen LogP contribution in [0, 0.1) is 5.92 Å². The van der Waals surface area contributed by atoms with Gasteiger partial charge in [0, 0.05) is 38.0 Å². The van der Waals surface area contributed by atoms with Crippen molar-refractivity contribution in [3.8, 4) is 0 Å². The number of nitrogens with zero attached hydrogens (tertiary/aromatic N) is 1. The number of halogens is 1. The van der Waals surface area contributed by atoms with E-state index >= 15 is 0 Å². The number of benzene rings is 1. The molecule has 0 heterocycles. The molecule has 0 aliphatic heterocycles. The fourth-order valence-corrected chi connectivity index (χ4v) is 2.93. The lowest BCUT2D eigenvalue weighted by molar-refractivity contribution is -0.122. The van der Waals surface area contributed by atoms with E-state index in [1.807, 2.05) is 0 Å². The van der Waals surface area contributed by atoms with E-state index in [2.05, 4.69) is 52.1 Å². The van der Waals surface area contributed by atoms with Gasteiger partial charge in [-0.25, -0.2) is 0 Å². The second-order valence-corrected chi connectivity index (χ2v) is 6.31. The standard InChI is InChI=1S/C18H26N4O.HI/c1-2-19-18(21-10-9-20-17(23)13-7-8-13)22-12-15-11-14-5-3-4-6-16(14)15;/h3-6,13,15H,2,7-12H2,1H3,(H,20,23)(H2,19,21,22);1H. The number of hydrogen-bond donors (Lipinski definition) is 3. The minimum atomic E-state index is 0. The largest absolute Gasteiger partial charge is 0.357 e. The van der Waals surface area contributed by atoms with Crippen LogP contribution in [0.3, 0.4) is 0 Å². The molecule has 3 N–H and O–H groups in total. The summed E-state index contributed by atoms with van der Waals surface area (Å²) in [4.78, 5) is 16.2. The average molecular weight is 442 g/mol. The van der Waals surface area contributed by atoms with Gasteiger partial charge in [0.05, 0.1) is 0 Å². The van der Waals surface area contributed by atoms with Crippen LogP contribution in [-0.4, -0.2) is 38.0 Å². The Morgan fingerprint density at radius 1 is 1.17 bits per heavy atom. The summed E-state index contributed by atoms with van der Waals surface area (Å²) < 4.78 is 0. The smallest absolute Gasteiger partial charge is 0.223 e. The summed E-state index contributed by atoms with van der Waals surface area (Å²) in [5.41, 5.74) is 2.89. The summed E-state index contributed by atoms with van der Waals surface area (Å²) in [5, 5.41) is 9.50. The van der Waals surface area contributed by atoms with Crippen LogP contribution in [0.15, 0.2) is 29.3 Å². The molecule has 5 nitrogen and oxygen atoms in total. The van der Waals surface area contributed by atoms with Gasteiger partial charge in [-0.1, -0.05) is 24.3 Å². The lowest BCUT2D eigenvalue weighted by Crippen LogP contribution is -2.42. The van der Waals surface area contributed by atoms with Crippen LogP contribution >= 0.6 is 24.0 Å². The SMILES string of the molecule is CCNC(=NCC1Cc2ccccc21)NCCNC(=O)C1CC1.I. The first-order chi connectivity index (χ1) is 11.3. The second-order valence-electron chi connectivity index (χ2n) is 6.31. The molecule has 1 fully saturated rings. The number of guanidine groups is 1. The fourth-order valence-electron chi connectivity index (χ4n) is 2.93. The van der Waals surface area contributed by atoms with Crippen molar-refractivity contribution >= 4 is 35.8 Å². The van der Waals surface area contributed by atoms with Gasteiger partial charge in [-0.15, -0.1) is 24.0 Å². The third-order valence-electron chi connectivity index (χ3n) is 4.44. The monoisotopic (exact) mass is 442 g/mol. The van der Waals surface area contributed by atoms with E-state index in [0.717, 1.165) is 38.3 Å². The van der Waals surface area contributed by atoms with Crippen molar-refractivity contribution in [1.82, 2.24) is 16.0 Å². The van der Waals surface area contributed by atoms with Crippen molar-refractivity contribution in [2.45, 2.75) is 32.1 Å². The molecule has 1 aromatic rings. The van der Waals surface area contributed by atoms with Gasteiger partial charge in [0.15, 0.2) is 5.96 Å². The molecule has 1 atom stereocenters. The van der Waals surface area contributed by atoms with E-state index in [4.69, 9.17) is 0 Å². The number of fused-ring (bicyclic) bond motifs is 1. The lowest BCUT2D eigenvalue weighted by Gasteiger charge is -2.28. The van der Waals surface area contributed by atoms with E-state index < -0.39 is 0 Å². The minimum absolute atomic E-state index is 0. The molecule has 1 aromatic carbocycles. The van der Waals surface area contributed by atoms with E-state index in [-0.39, 0.29) is 35.8 Å². The average Bonchev–Trinajstić information content (AvgIpc) is 3.37. The zero-order valence-corrected chi connectivity index (χ0v) is 16.5. The summed E-state index contributed by atoms with van der Waals surface area (Å²) in [5.74, 6) is 1.84. The number of amides is 1. The molecule has 0 aromatic heterocycles. The molecule has 2 aliphatic rings. The highest BCUT2D eigenvalue weighted by Gasteiger charge is 2.29. The van der Waals surface area contributed by atoms with Crippen LogP contribution in [0.4, 0.5) is 0 Å². The van der Waals surface area contributed by atoms with Crippen molar-refractivity contribution in [1.29, 1.82) is 0 Å². The van der Waals surface area contributed by atoms with E-state index in [0.29, 0.717) is 19.0 Å². The molecule has 3 rings (SSSR count). The zero-order chi connectivity index (χ0) is 16.1. The maximum Gasteiger partial charge on any atom is 0.223 e. The number of nitrogens with one attached hydrogen (secondary N) is 3. The zero-order valence-electron chi connectivity index (χ0n) is 14.2. The van der Waals surface area contributed by atoms with Crippen LogP contribution < -0.4 is 16.0 Å². The van der Waals surface area contributed by atoms with Crippen LogP contribution in [0.1, 0.15) is 36.8 Å². The van der Waals surface area contributed by atoms with Gasteiger partial charge in [0.1, 0.15) is 0 Å². The number of hydrogen-bond acceptors (Lipinski definition) is 2. The second kappa shape index (κ2) is 9.25. The van der Waals surface area contributed by atoms with Crippen molar-refractivity contribution in [3.05, 3.63) is 35.4 Å². The van der Waals surface area contributed by atoms with E-state index in [1.165, 1.54) is 11.1 Å². The summed E-state index contributed by atoms with van der Waals surface area (Å²) in [6.45, 7) is 5.05. The van der Waals surface area contributed by atoms with Crippen LogP contribution in [0.5, 0.6) is 0 Å². The first-order valence-corrected chi connectivity index (χ1v) is 8.65. The lowest BCUT2D eigenvalue weighted by atomic mass is 9.78. The van der Waals surface area contributed by atoms with Gasteiger partial charge in [0.25, 0.3) is 0 Å². The number of rotatable bonds is 7. The van der Waals surface area contributed by atoms with Crippen molar-refractivity contribution in [2.24, 2.45) is 10.9 Å². The van der Waals surface area contributed by atoms with Gasteiger partial charge in [-0.2, -0.15) is 0 Å². The normalized spacial score (nSPS) is 18.7. The predicted octanol–water partition coefficient (Wildman–Crippen LogP) is 2.03. The van der Waals surface area contributed by atoms with Gasteiger partial charge in [0.2, 0.25) is 5.91 Å². The molecule has 6 heteroatoms. The highest BCUT2D eigenvalue weighted by Crippen LogP contribution is 2.34. The Hall–Kier alpha value is -1.31. The molecule has 1 amide bonds. The third-order valence-corrected chi connectivity index (χ3v) is 4.44. The Morgan fingerprint density at radius 3 is 2.62 bits per heavy atom. The molecule has 0 spiro atoms. The molecule has 132 valence electrons. The topological polar surface area (TPSA) is 65.5 Å². The summed E-state index contributed by atoms with van der Waals surface area (Å²) in [7, 11) is 0. The number of carbonyl (C=O) groups excluding carboxylic acids is 1. The maximum absolute atomic E-state index is 11.6. The Bertz CT molecular complexity index is 586. The van der Waals surface area contributed by atoms with E-state index in [1.54, 1.807) is 0 Å². The van der Waals surface area contributed by atoms with Crippen LogP contribution in [-0.2, 0) is 11.2 Å². The maximum atomic E-state index is 11.6. The first kappa shape index (κ1) is 19.0. The number of aliphatic imine (C=N–C) groups is 1. The summed E-state index contributed by atoms with van der Waals surface area (Å²) in [6, 6.07) is 8.59. The Morgan fingerprint density at radius 2 is 1.92 bits per heavy atom. The van der Waals surface area contributed by atoms with Gasteiger partial charge in [-0.3, -0.25) is 9.79 Å². The minimum Gasteiger partial charge on any atom is -0.357 e. The highest BCUT2D eigenvalue weighted by molar-refractivity contribution is 14.0. The van der Waals surface area contributed by atoms with Crippen molar-refractivity contribution in [3.63, 3.8) is 0 Å². The first-order valence-electron chi connectivity index (χ1n) is 8.65. The molecular formula is C18H27IN4O. The molecule has 1 saturated carbocycles. The molecule has 0 bridgehead atoms. The Balaban J connectivity index is 0.00000208. The highest BCUT2D eigenvalue weighted by atomic mass is 127. The Kier molecular flexibility index (Phi) is 7.33. The van der Waals surface area contributed by atoms with Crippen LogP contribution in [0.2, 0.25) is 0 Å². The van der Waals surface area contributed by atoms with Gasteiger partial charge < -0.3 is 16.0 Å². The molecule has 0 saturated heterocycles. The van der Waals surface area contributed by atoms with E-state index in [9.17, 15) is 4.79 Å². The van der Waals surface area contributed by atoms with Crippen molar-refractivity contribution < 1.29 is 4.79 Å². The molecule has 1 unspecified atom stereocenters. The van der Waals surface area contributed by atoms with Crippen LogP contribution in [0.25, 0.3) is 0 Å². The molecule has 24 heavy (non-hydrogen) atoms. The predicted molar refractivity (Wildman–Crippen MR) is 108 cm³/mol. The van der Waals surface area contributed by atoms with Gasteiger partial charge >= 0.3 is 0 Å². The molecular weight excluding hydrogens is 415 g/mol. The van der Waals surface area contributed by atoms with Crippen molar-refractivity contribution in [2.75, 3.05) is 26.2 Å². The van der Waals surface area contributed by atoms with Gasteiger partial charge in [-0.05, 0) is 37.3 Å². The third kappa shape index (κ3) is 5.09.